The molecule has 0 saturated carbocycles. The number of carbonyl (C=O) groups is 1. The van der Waals surface area contributed by atoms with Crippen LogP contribution < -0.4 is 0 Å². The summed E-state index contributed by atoms with van der Waals surface area (Å²) in [5, 5.41) is 29.2. The number of pyridine rings is 8. The van der Waals surface area contributed by atoms with Crippen LogP contribution >= 0.6 is 0 Å². The molecule has 0 fully saturated rings. The van der Waals surface area contributed by atoms with Gasteiger partial charge in [0.05, 0.1) is 58.3 Å². The van der Waals surface area contributed by atoms with Crippen LogP contribution in [0.15, 0.2) is 213 Å². The molecule has 8 aromatic heterocycles. The van der Waals surface area contributed by atoms with Gasteiger partial charge in [-0.15, -0.1) is 66.2 Å². The summed E-state index contributed by atoms with van der Waals surface area (Å²) >= 11 is 0. The molecule has 0 unspecified atom stereocenters. The van der Waals surface area contributed by atoms with E-state index in [4.69, 9.17) is 4.98 Å². The number of phenols is 1. The monoisotopic (exact) mass is 2700 g/mol. The number of nitrogens with zero attached hydrogens (tertiary/aromatic N) is 10. The van der Waals surface area contributed by atoms with E-state index in [1.165, 1.54) is 30.5 Å². The molecule has 8 bridgehead atoms. The minimum absolute atomic E-state index is 0. The van der Waals surface area contributed by atoms with Gasteiger partial charge in [-0.3, -0.25) is 83.8 Å². The first-order valence-corrected chi connectivity index (χ1v) is 43.0. The second-order valence-corrected chi connectivity index (χ2v) is 35.0. The van der Waals surface area contributed by atoms with Gasteiger partial charge in [-0.25, -0.2) is 4.39 Å². The Bertz CT molecular complexity index is 7720. The summed E-state index contributed by atoms with van der Waals surface area (Å²) in [5.74, 6) is -23.7. The number of para-hydroxylation sites is 1. The number of nitriles is 2. The van der Waals surface area contributed by atoms with Crippen LogP contribution in [0.3, 0.4) is 0 Å². The van der Waals surface area contributed by atoms with Crippen molar-refractivity contribution in [3.63, 3.8) is 0 Å². The molecule has 0 radical (unpaired) electrons. The van der Waals surface area contributed by atoms with Crippen molar-refractivity contribution in [1.82, 2.24) is 39.9 Å². The zero-order valence-electron chi connectivity index (χ0n) is 76.3. The normalized spacial score (nSPS) is 12.9. The van der Waals surface area contributed by atoms with Crippen LogP contribution in [0.4, 0.5) is 83.4 Å². The number of hydrogen-bond donors (Lipinski definition) is 1. The van der Waals surface area contributed by atoms with Crippen LogP contribution in [0.25, 0.3) is 90.1 Å². The third kappa shape index (κ3) is 21.4. The Hall–Kier alpha value is -13.2. The fraction of sp³-hybridized carbons (Fsp3) is 0.173. The maximum atomic E-state index is 15.2. The van der Waals surface area contributed by atoms with Gasteiger partial charge in [-0.1, -0.05) is 242 Å². The van der Waals surface area contributed by atoms with Gasteiger partial charge in [0, 0.05) is 159 Å². The third-order valence-corrected chi connectivity index (χ3v) is 24.6. The predicted octanol–water partition coefficient (Wildman–Crippen LogP) is 26.5. The first kappa shape index (κ1) is 111. The number of carbonyl (C=O) groups excluding carboxylic acids is 1. The van der Waals surface area contributed by atoms with Gasteiger partial charge in [0.2, 0.25) is 0 Å². The molecule has 12 nitrogen and oxygen atoms in total. The molecule has 1 N–H and O–H groups in total. The molecule has 8 aromatic carbocycles. The van der Waals surface area contributed by atoms with E-state index in [1.807, 2.05) is 50.2 Å². The van der Waals surface area contributed by atoms with E-state index in [0.717, 1.165) is 80.7 Å². The van der Waals surface area contributed by atoms with Crippen molar-refractivity contribution in [2.45, 2.75) is 121 Å². The number of halogens is 19. The third-order valence-electron chi connectivity index (χ3n) is 24.6. The van der Waals surface area contributed by atoms with Gasteiger partial charge in [-0.2, -0.15) is 68.9 Å². The van der Waals surface area contributed by atoms with Gasteiger partial charge in [0.1, 0.15) is 17.3 Å². The van der Waals surface area contributed by atoms with Crippen LogP contribution in [-0.2, 0) is 144 Å². The van der Waals surface area contributed by atoms with Crippen molar-refractivity contribution in [3.05, 3.63) is 420 Å². The number of alkyl halides is 8. The van der Waals surface area contributed by atoms with Crippen molar-refractivity contribution < 1.29 is 178 Å². The molecule has 3 aliphatic rings. The van der Waals surface area contributed by atoms with E-state index < -0.39 is 160 Å². The Labute approximate surface area is 876 Å². The second kappa shape index (κ2) is 43.2. The fourth-order valence-electron chi connectivity index (χ4n) is 17.0. The summed E-state index contributed by atoms with van der Waals surface area (Å²) in [5.41, 5.74) is -0.441. The number of benzene rings is 8. The number of hydrogen-bond acceptors (Lipinski definition) is 12. The van der Waals surface area contributed by atoms with Crippen LogP contribution in [0.5, 0.6) is 5.75 Å². The van der Waals surface area contributed by atoms with Crippen LogP contribution in [0, 0.1) is 129 Å². The quantitative estimate of drug-likeness (QED) is 0.0559. The van der Waals surface area contributed by atoms with E-state index in [-0.39, 0.29) is 140 Å². The molecular formula is C110H68F19N10O2Pt4-. The van der Waals surface area contributed by atoms with Crippen molar-refractivity contribution in [3.8, 4) is 108 Å². The molecule has 0 saturated heterocycles. The molecule has 16 aromatic rings. The van der Waals surface area contributed by atoms with E-state index in [2.05, 4.69) is 123 Å². The molecule has 9 heterocycles. The van der Waals surface area contributed by atoms with Crippen molar-refractivity contribution in [2.24, 2.45) is 0 Å². The molecule has 0 atom stereocenters. The number of aromatic nitrogens is 8. The van der Waals surface area contributed by atoms with Crippen molar-refractivity contribution in [1.29, 1.82) is 10.5 Å². The molecule has 1 aliphatic heterocycles. The Morgan fingerprint density at radius 1 is 0.400 bits per heavy atom. The summed E-state index contributed by atoms with van der Waals surface area (Å²) in [6, 6.07) is 71.2. The summed E-state index contributed by atoms with van der Waals surface area (Å²) in [6.07, 6.45) is -5.03. The predicted molar refractivity (Wildman–Crippen MR) is 482 cm³/mol. The minimum Gasteiger partial charge on any atom is -0.508 e. The Morgan fingerprint density at radius 2 is 0.869 bits per heavy atom. The average Bonchev–Trinajstić information content (AvgIpc) is 1.54. The summed E-state index contributed by atoms with van der Waals surface area (Å²) in [7, 11) is 0. The Kier molecular flexibility index (Phi) is 33.0. The van der Waals surface area contributed by atoms with Gasteiger partial charge >= 0.3 is 81.5 Å². The molecule has 2 aliphatic carbocycles. The molecule has 0 amide bonds. The number of ketones is 1. The standard InChI is InChI=1S/C32H25F5N2.C28H16F2N4.C25H9F9N2O.C25H18F3N2O.4Pt/c1-29(2)19-8-7-13-38-27(19)16-14-17-22(15-21(16)29)30(3,4)20-10-12-24(39-28(17)20)31(5,6)18-9-11-23(33)25(26(18)34)32(35,36)37;29-27-22-14-23(28(30)24(27)16-32)26-6-2-4-21(34-26)10-8-18-11-17(12-19(13-18)15-31)7-9-20-3-1-5-25(22)33-20;26-12-7-8-13(16(27)10-12)23(37)19-6-3-5-18(36-19)15-11-14(17-4-1-2-9-35-17)21(28)20(22(15)29)24(30,31)25(32,33)34;1-25(2,17-8-3-4-11-20(17)31)21-12-7-10-19(30-21)16-14-15(18-9-5-6-13-29-18)22(26)24(28)23(16)27;;;;/h7-8,10-13,15H,1-6H3;1-6,12-13H,7-10H2;1-7,9-10H;3-13,31H,1-2H3;;;;/q3*-2;-1;;3*+2. The second-order valence-electron chi connectivity index (χ2n) is 35.0. The molecule has 145 heavy (non-hydrogen) atoms. The van der Waals surface area contributed by atoms with Crippen LogP contribution in [0.2, 0.25) is 0 Å². The molecule has 0 spiro atoms. The van der Waals surface area contributed by atoms with Crippen LogP contribution in [0.1, 0.15) is 161 Å². The number of fused-ring (bicyclic) bond motifs is 16. The van der Waals surface area contributed by atoms with E-state index in [1.54, 1.807) is 105 Å². The van der Waals surface area contributed by atoms with E-state index in [0.29, 0.717) is 83.5 Å². The van der Waals surface area contributed by atoms with Gasteiger partial charge in [0.25, 0.3) is 0 Å². The molecular weight excluding hydrogens is 2630 g/mol. The van der Waals surface area contributed by atoms with Crippen LogP contribution in [-0.4, -0.2) is 56.9 Å². The largest absolute Gasteiger partial charge is 2.00 e. The first-order valence-electron chi connectivity index (χ1n) is 43.0. The number of aryl methyl sites for hydroxylation is 4. The zero-order valence-corrected chi connectivity index (χ0v) is 85.4. The number of rotatable bonds is 11. The van der Waals surface area contributed by atoms with Gasteiger partial charge < -0.3 is 9.90 Å². The zero-order chi connectivity index (χ0) is 101. The first-order chi connectivity index (χ1) is 66.8. The van der Waals surface area contributed by atoms with Gasteiger partial charge in [-0.05, 0) is 91.1 Å². The Morgan fingerprint density at radius 3 is 1.39 bits per heavy atom. The molecule has 744 valence electrons. The molecule has 19 rings (SSSR count). The van der Waals surface area contributed by atoms with Gasteiger partial charge in [0.15, 0.2) is 0 Å². The van der Waals surface area contributed by atoms with E-state index in [9.17, 15) is 81.9 Å². The van der Waals surface area contributed by atoms with Crippen molar-refractivity contribution >= 4 is 5.78 Å². The molecule has 35 heteroatoms. The van der Waals surface area contributed by atoms with E-state index >= 15 is 22.0 Å². The number of aromatic hydroxyl groups is 1. The number of phenolic OH excluding ortho intramolecular Hbond substituents is 1. The summed E-state index contributed by atoms with van der Waals surface area (Å²) in [6.45, 7) is 15.4. The topological polar surface area (TPSA) is 188 Å². The maximum Gasteiger partial charge on any atom is 2.00 e. The van der Waals surface area contributed by atoms with Crippen molar-refractivity contribution in [2.75, 3.05) is 0 Å². The fourth-order valence-corrected chi connectivity index (χ4v) is 17.0. The minimum atomic E-state index is -6.38. The Balaban J connectivity index is 0.000000171. The summed E-state index contributed by atoms with van der Waals surface area (Å²) < 4.78 is 269. The SMILES string of the molecule is CC(C)(c1ccc2c(n1)-c1[c-]c3c(cc1C2(C)C)C(C)(C)c1cccnc1-3)c1[c-]cc(F)c(C(F)(F)F)c1F.CC(C)(c1cccc(-c2[c-]c(-c3ccccn3)c(F)c(F)c2F)n1)c1ccccc1O.N#Cc1cc2[c-]c(c1)CCc1cccc(n1)-c1[c-]c(c(F)c(C#N)c1F)-c1cccc(n1)CC2.O=C(c1cccc(-c2[c-]c(-c3ccccn3)c(F)c(C(F)(F)C(F)(F)F)c2F)n1)c1[c-]cc(F)cc1F.[Pt+2].[Pt+2].[Pt+2].[Pt]. The maximum absolute atomic E-state index is 15.2. The smallest absolute Gasteiger partial charge is 0.508 e. The summed E-state index contributed by atoms with van der Waals surface area (Å²) in [4.78, 5) is 47.2. The average molecular weight is 2700 g/mol.